The summed E-state index contributed by atoms with van der Waals surface area (Å²) in [5, 5.41) is 7.37. The van der Waals surface area contributed by atoms with Crippen LogP contribution in [0.4, 0.5) is 0 Å². The Kier molecular flexibility index (Phi) is 14.5. The van der Waals surface area contributed by atoms with Crippen molar-refractivity contribution in [2.24, 2.45) is 0 Å². The van der Waals surface area contributed by atoms with Gasteiger partial charge in [-0.05, 0) is 42.3 Å². The van der Waals surface area contributed by atoms with Crippen molar-refractivity contribution in [1.29, 1.82) is 0 Å². The number of nitrogens with one attached hydrogen (secondary N) is 1. The molecule has 0 spiro atoms. The molecule has 1 nitrogen and oxygen atoms in total. The van der Waals surface area contributed by atoms with Crippen molar-refractivity contribution in [3.63, 3.8) is 0 Å². The van der Waals surface area contributed by atoms with Crippen LogP contribution in [0.5, 0.6) is 0 Å². The summed E-state index contributed by atoms with van der Waals surface area (Å²) < 4.78 is 0. The molecule has 112 valence electrons. The molecule has 1 aliphatic heterocycles. The van der Waals surface area contributed by atoms with E-state index in [9.17, 15) is 0 Å². The van der Waals surface area contributed by atoms with Crippen molar-refractivity contribution >= 4 is 35.3 Å². The number of alkyl halides is 1. The molecule has 1 fully saturated rings. The fourth-order valence-electron chi connectivity index (χ4n) is 1.60. The summed E-state index contributed by atoms with van der Waals surface area (Å²) in [5.74, 6) is 0.612. The average Bonchev–Trinajstić information content (AvgIpc) is 3.10. The second-order valence-electron chi connectivity index (χ2n) is 4.22. The number of thiophene rings is 1. The van der Waals surface area contributed by atoms with Crippen LogP contribution in [-0.4, -0.2) is 13.1 Å². The Morgan fingerprint density at radius 3 is 1.75 bits per heavy atom. The summed E-state index contributed by atoms with van der Waals surface area (Å²) in [7, 11) is 0. The third-order valence-electron chi connectivity index (χ3n) is 2.63. The number of piperidine rings is 1. The summed E-state index contributed by atoms with van der Waals surface area (Å²) in [6, 6.07) is 14.0. The molecule has 1 aromatic carbocycles. The minimum absolute atomic E-state index is 0. The van der Waals surface area contributed by atoms with Crippen LogP contribution in [0.2, 0.25) is 0 Å². The first-order valence-corrected chi connectivity index (χ1v) is 8.19. The van der Waals surface area contributed by atoms with E-state index in [1.54, 1.807) is 11.3 Å². The third kappa shape index (κ3) is 11.3. The van der Waals surface area contributed by atoms with E-state index < -0.39 is 0 Å². The van der Waals surface area contributed by atoms with E-state index in [1.165, 1.54) is 37.9 Å². The van der Waals surface area contributed by atoms with E-state index in [2.05, 4.69) is 5.32 Å². The standard InChI is InChI=1S/C7H7Cl.C5H11N.C4H4S.ClH/c8-6-7-4-2-1-3-5-7;1-2-4-6-5-3-1;1-2-4-5-3-1;/h1-5H,6H2;6H,1-5H2;1-4H;1H. The highest BCUT2D eigenvalue weighted by atomic mass is 35.5. The molecule has 20 heavy (non-hydrogen) atoms. The summed E-state index contributed by atoms with van der Waals surface area (Å²) in [4.78, 5) is 0. The zero-order chi connectivity index (χ0) is 13.6. The first kappa shape index (κ1) is 19.5. The molecule has 0 bridgehead atoms. The van der Waals surface area contributed by atoms with E-state index in [-0.39, 0.29) is 12.4 Å². The lowest BCUT2D eigenvalue weighted by atomic mass is 10.2. The van der Waals surface area contributed by atoms with Crippen LogP contribution in [0.25, 0.3) is 0 Å². The first-order valence-electron chi connectivity index (χ1n) is 6.71. The van der Waals surface area contributed by atoms with Crippen LogP contribution < -0.4 is 5.32 Å². The van der Waals surface area contributed by atoms with Gasteiger partial charge in [0.2, 0.25) is 0 Å². The fourth-order valence-corrected chi connectivity index (χ4v) is 2.23. The van der Waals surface area contributed by atoms with Crippen molar-refractivity contribution in [2.45, 2.75) is 25.1 Å². The fraction of sp³-hybridized carbons (Fsp3) is 0.375. The Bertz CT molecular complexity index is 346. The predicted octanol–water partition coefficient (Wildman–Crippen LogP) is 5.36. The minimum Gasteiger partial charge on any atom is -0.317 e. The molecule has 1 aromatic heterocycles. The van der Waals surface area contributed by atoms with Gasteiger partial charge in [-0.3, -0.25) is 0 Å². The normalized spacial score (nSPS) is 12.8. The second kappa shape index (κ2) is 14.9. The van der Waals surface area contributed by atoms with Crippen molar-refractivity contribution < 1.29 is 0 Å². The highest BCUT2D eigenvalue weighted by Crippen LogP contribution is 2.00. The van der Waals surface area contributed by atoms with Gasteiger partial charge >= 0.3 is 0 Å². The molecule has 4 heteroatoms. The molecule has 1 saturated heterocycles. The number of hydrogen-bond acceptors (Lipinski definition) is 2. The maximum atomic E-state index is 5.53. The minimum atomic E-state index is 0. The Morgan fingerprint density at radius 1 is 0.900 bits per heavy atom. The summed E-state index contributed by atoms with van der Waals surface area (Å²) >= 11 is 7.24. The van der Waals surface area contributed by atoms with E-state index >= 15 is 0 Å². The van der Waals surface area contributed by atoms with Crippen molar-refractivity contribution in [3.05, 3.63) is 58.8 Å². The highest BCUT2D eigenvalue weighted by Gasteiger charge is 1.93. The van der Waals surface area contributed by atoms with Crippen molar-refractivity contribution in [3.8, 4) is 0 Å². The SMILES string of the molecule is C1CCNCC1.Cl.ClCc1ccccc1.c1ccsc1. The molecule has 0 amide bonds. The van der Waals surface area contributed by atoms with Gasteiger partial charge < -0.3 is 5.32 Å². The van der Waals surface area contributed by atoms with Gasteiger partial charge in [-0.2, -0.15) is 11.3 Å². The molecule has 0 unspecified atom stereocenters. The summed E-state index contributed by atoms with van der Waals surface area (Å²) in [6.45, 7) is 2.50. The maximum absolute atomic E-state index is 5.53. The van der Waals surface area contributed by atoms with Gasteiger partial charge in [0.05, 0.1) is 0 Å². The largest absolute Gasteiger partial charge is 0.317 e. The second-order valence-corrected chi connectivity index (χ2v) is 5.31. The van der Waals surface area contributed by atoms with Gasteiger partial charge in [0.15, 0.2) is 0 Å². The Hall–Kier alpha value is -0.540. The lowest BCUT2D eigenvalue weighted by molar-refractivity contribution is 0.520. The van der Waals surface area contributed by atoms with Crippen LogP contribution in [-0.2, 0) is 5.88 Å². The Labute approximate surface area is 137 Å². The van der Waals surface area contributed by atoms with Crippen LogP contribution >= 0.6 is 35.3 Å². The molecule has 0 aliphatic carbocycles. The van der Waals surface area contributed by atoms with Gasteiger partial charge in [0.25, 0.3) is 0 Å². The third-order valence-corrected chi connectivity index (χ3v) is 3.57. The van der Waals surface area contributed by atoms with Crippen LogP contribution in [0.1, 0.15) is 24.8 Å². The van der Waals surface area contributed by atoms with E-state index in [0.717, 1.165) is 0 Å². The van der Waals surface area contributed by atoms with Crippen LogP contribution in [0, 0.1) is 0 Å². The van der Waals surface area contributed by atoms with Crippen LogP contribution in [0.3, 0.4) is 0 Å². The molecule has 0 atom stereocenters. The zero-order valence-corrected chi connectivity index (χ0v) is 14.0. The summed E-state index contributed by atoms with van der Waals surface area (Å²) in [5.41, 5.74) is 1.18. The Balaban J connectivity index is 0.000000271. The number of rotatable bonds is 1. The molecule has 1 aliphatic rings. The summed E-state index contributed by atoms with van der Waals surface area (Å²) in [6.07, 6.45) is 4.22. The molecule has 2 heterocycles. The smallest absolute Gasteiger partial charge is 0.0474 e. The van der Waals surface area contributed by atoms with E-state index in [0.29, 0.717) is 5.88 Å². The molecule has 0 saturated carbocycles. The average molecular weight is 332 g/mol. The number of benzene rings is 1. The molecule has 2 aromatic rings. The topological polar surface area (TPSA) is 12.0 Å². The van der Waals surface area contributed by atoms with Gasteiger partial charge in [0.1, 0.15) is 0 Å². The van der Waals surface area contributed by atoms with Gasteiger partial charge in [0, 0.05) is 5.88 Å². The molecule has 3 rings (SSSR count). The monoisotopic (exact) mass is 331 g/mol. The van der Waals surface area contributed by atoms with Crippen molar-refractivity contribution in [2.75, 3.05) is 13.1 Å². The van der Waals surface area contributed by atoms with Crippen LogP contribution in [0.15, 0.2) is 53.2 Å². The van der Waals surface area contributed by atoms with Gasteiger partial charge in [-0.15, -0.1) is 24.0 Å². The van der Waals surface area contributed by atoms with Gasteiger partial charge in [-0.1, -0.05) is 48.9 Å². The highest BCUT2D eigenvalue weighted by molar-refractivity contribution is 7.07. The Morgan fingerprint density at radius 2 is 1.50 bits per heavy atom. The zero-order valence-electron chi connectivity index (χ0n) is 11.6. The van der Waals surface area contributed by atoms with E-state index in [1.807, 2.05) is 53.2 Å². The predicted molar refractivity (Wildman–Crippen MR) is 94.3 cm³/mol. The number of halogens is 2. The van der Waals surface area contributed by atoms with E-state index in [4.69, 9.17) is 11.6 Å². The quantitative estimate of drug-likeness (QED) is 0.694. The molecule has 0 radical (unpaired) electrons. The molecule has 1 N–H and O–H groups in total. The first-order chi connectivity index (χ1) is 9.43. The lowest BCUT2D eigenvalue weighted by Gasteiger charge is -2.08. The van der Waals surface area contributed by atoms with Gasteiger partial charge in [-0.25, -0.2) is 0 Å². The number of hydrogen-bond donors (Lipinski definition) is 1. The van der Waals surface area contributed by atoms with Crippen molar-refractivity contribution in [1.82, 2.24) is 5.32 Å². The lowest BCUT2D eigenvalue weighted by Crippen LogP contribution is -2.21. The maximum Gasteiger partial charge on any atom is 0.0474 e. The molecular formula is C16H23Cl2NS. The molecular weight excluding hydrogens is 309 g/mol.